The van der Waals surface area contributed by atoms with Crippen molar-refractivity contribution >= 4 is 38.6 Å². The van der Waals surface area contributed by atoms with E-state index in [2.05, 4.69) is 172 Å². The van der Waals surface area contributed by atoms with Crippen LogP contribution < -0.4 is 4.90 Å². The molecule has 0 aromatic heterocycles. The molecule has 45 heavy (non-hydrogen) atoms. The molecule has 0 saturated carbocycles. The highest BCUT2D eigenvalue weighted by Gasteiger charge is 2.39. The normalized spacial score (nSPS) is 15.4. The van der Waals surface area contributed by atoms with Gasteiger partial charge in [-0.15, -0.1) is 0 Å². The highest BCUT2D eigenvalue weighted by Crippen LogP contribution is 2.55. The highest BCUT2D eigenvalue weighted by molar-refractivity contribution is 6.14. The molecule has 1 nitrogen and oxygen atoms in total. The molecule has 0 atom stereocenters. The fourth-order valence-corrected chi connectivity index (χ4v) is 8.27. The Morgan fingerprint density at radius 2 is 1.02 bits per heavy atom. The SMILES string of the molecule is CC1(C)c2ccccc2-c2ccc(N3c4ccccc4C(C)(C)c4cc(-c5cc6ccccc6c6ccccc56)ccc43)cc21. The first-order valence-corrected chi connectivity index (χ1v) is 16.0. The smallest absolute Gasteiger partial charge is 0.0503 e. The van der Waals surface area contributed by atoms with Crippen molar-refractivity contribution in [3.8, 4) is 22.3 Å². The third-order valence-corrected chi connectivity index (χ3v) is 10.6. The summed E-state index contributed by atoms with van der Waals surface area (Å²) in [5.41, 5.74) is 14.2. The number of fused-ring (bicyclic) bond motifs is 8. The number of nitrogens with zero attached hydrogens (tertiary/aromatic N) is 1. The van der Waals surface area contributed by atoms with E-state index in [0.717, 1.165) is 0 Å². The maximum absolute atomic E-state index is 2.50. The zero-order valence-electron chi connectivity index (χ0n) is 26.2. The van der Waals surface area contributed by atoms with E-state index in [0.29, 0.717) is 0 Å². The van der Waals surface area contributed by atoms with E-state index in [9.17, 15) is 0 Å². The van der Waals surface area contributed by atoms with Crippen molar-refractivity contribution in [1.29, 1.82) is 0 Å². The summed E-state index contributed by atoms with van der Waals surface area (Å²) in [5, 5.41) is 5.17. The number of hydrogen-bond acceptors (Lipinski definition) is 1. The molecule has 1 aliphatic carbocycles. The van der Waals surface area contributed by atoms with Crippen molar-refractivity contribution < 1.29 is 0 Å². The molecule has 7 aromatic carbocycles. The average Bonchev–Trinajstić information content (AvgIpc) is 3.30. The molecule has 0 unspecified atom stereocenters. The quantitative estimate of drug-likeness (QED) is 0.185. The van der Waals surface area contributed by atoms with Gasteiger partial charge in [-0.1, -0.05) is 131 Å². The van der Waals surface area contributed by atoms with Crippen molar-refractivity contribution in [3.63, 3.8) is 0 Å². The Morgan fingerprint density at radius 3 is 1.87 bits per heavy atom. The maximum Gasteiger partial charge on any atom is 0.0503 e. The first-order valence-electron chi connectivity index (χ1n) is 16.0. The maximum atomic E-state index is 2.50. The van der Waals surface area contributed by atoms with Gasteiger partial charge in [0.15, 0.2) is 0 Å². The summed E-state index contributed by atoms with van der Waals surface area (Å²) >= 11 is 0. The first kappa shape index (κ1) is 26.3. The van der Waals surface area contributed by atoms with Crippen molar-refractivity contribution in [1.82, 2.24) is 0 Å². The van der Waals surface area contributed by atoms with Crippen LogP contribution in [0.2, 0.25) is 0 Å². The third-order valence-electron chi connectivity index (χ3n) is 10.6. The second kappa shape index (κ2) is 9.19. The van der Waals surface area contributed by atoms with Crippen LogP contribution >= 0.6 is 0 Å². The Bertz CT molecular complexity index is 2340. The lowest BCUT2D eigenvalue weighted by Crippen LogP contribution is -2.30. The minimum absolute atomic E-state index is 0.0552. The summed E-state index contributed by atoms with van der Waals surface area (Å²) in [7, 11) is 0. The zero-order valence-corrected chi connectivity index (χ0v) is 26.2. The minimum Gasteiger partial charge on any atom is -0.310 e. The Labute approximate surface area is 265 Å². The molecule has 7 aromatic rings. The van der Waals surface area contributed by atoms with Crippen LogP contribution in [-0.4, -0.2) is 0 Å². The molecular formula is C44H35N. The summed E-state index contributed by atoms with van der Waals surface area (Å²) in [6.07, 6.45) is 0. The molecular weight excluding hydrogens is 542 g/mol. The molecule has 1 aliphatic heterocycles. The van der Waals surface area contributed by atoms with Gasteiger partial charge in [0.1, 0.15) is 0 Å². The van der Waals surface area contributed by atoms with Crippen molar-refractivity contribution in [2.45, 2.75) is 38.5 Å². The molecule has 9 rings (SSSR count). The summed E-state index contributed by atoms with van der Waals surface area (Å²) in [6.45, 7) is 9.49. The van der Waals surface area contributed by atoms with E-state index in [1.165, 1.54) is 83.1 Å². The van der Waals surface area contributed by atoms with Crippen LogP contribution in [0.5, 0.6) is 0 Å². The van der Waals surface area contributed by atoms with E-state index < -0.39 is 0 Å². The number of para-hydroxylation sites is 1. The fourth-order valence-electron chi connectivity index (χ4n) is 8.27. The number of hydrogen-bond donors (Lipinski definition) is 0. The zero-order chi connectivity index (χ0) is 30.5. The Morgan fingerprint density at radius 1 is 0.400 bits per heavy atom. The van der Waals surface area contributed by atoms with Crippen molar-refractivity contribution in [2.24, 2.45) is 0 Å². The molecule has 0 amide bonds. The number of benzene rings is 7. The molecule has 1 heterocycles. The van der Waals surface area contributed by atoms with Crippen LogP contribution in [0.4, 0.5) is 17.1 Å². The van der Waals surface area contributed by atoms with Crippen LogP contribution in [0.3, 0.4) is 0 Å². The fraction of sp³-hybridized carbons (Fsp3) is 0.136. The van der Waals surface area contributed by atoms with Gasteiger partial charge in [0, 0.05) is 16.5 Å². The number of anilines is 3. The lowest BCUT2D eigenvalue weighted by atomic mass is 9.72. The second-order valence-electron chi connectivity index (χ2n) is 13.8. The van der Waals surface area contributed by atoms with Gasteiger partial charge >= 0.3 is 0 Å². The van der Waals surface area contributed by atoms with Crippen LogP contribution in [0, 0.1) is 0 Å². The van der Waals surface area contributed by atoms with E-state index in [-0.39, 0.29) is 10.8 Å². The summed E-state index contributed by atoms with van der Waals surface area (Å²) in [6, 6.07) is 52.1. The Balaban J connectivity index is 1.27. The molecule has 0 bridgehead atoms. The van der Waals surface area contributed by atoms with E-state index >= 15 is 0 Å². The van der Waals surface area contributed by atoms with E-state index in [4.69, 9.17) is 0 Å². The Hall–Kier alpha value is -5.14. The molecule has 216 valence electrons. The molecule has 1 heteroatoms. The largest absolute Gasteiger partial charge is 0.310 e. The molecule has 0 radical (unpaired) electrons. The summed E-state index contributed by atoms with van der Waals surface area (Å²) in [4.78, 5) is 2.50. The van der Waals surface area contributed by atoms with Crippen molar-refractivity contribution in [3.05, 3.63) is 162 Å². The van der Waals surface area contributed by atoms with Gasteiger partial charge in [0.2, 0.25) is 0 Å². The van der Waals surface area contributed by atoms with E-state index in [1.54, 1.807) is 0 Å². The van der Waals surface area contributed by atoms with Gasteiger partial charge in [0.05, 0.1) is 11.4 Å². The van der Waals surface area contributed by atoms with Crippen molar-refractivity contribution in [2.75, 3.05) is 4.90 Å². The summed E-state index contributed by atoms with van der Waals surface area (Å²) < 4.78 is 0. The minimum atomic E-state index is -0.169. The van der Waals surface area contributed by atoms with Gasteiger partial charge < -0.3 is 4.90 Å². The molecule has 0 saturated heterocycles. The average molecular weight is 578 g/mol. The van der Waals surface area contributed by atoms with Gasteiger partial charge in [-0.3, -0.25) is 0 Å². The topological polar surface area (TPSA) is 3.24 Å². The highest BCUT2D eigenvalue weighted by atomic mass is 15.2. The lowest BCUT2D eigenvalue weighted by Gasteiger charge is -2.42. The molecule has 2 aliphatic rings. The lowest BCUT2D eigenvalue weighted by molar-refractivity contribution is 0.632. The predicted octanol–water partition coefficient (Wildman–Crippen LogP) is 12.1. The summed E-state index contributed by atoms with van der Waals surface area (Å²) in [5.74, 6) is 0. The molecule has 0 N–H and O–H groups in total. The molecule has 0 spiro atoms. The van der Waals surface area contributed by atoms with Crippen LogP contribution in [0.25, 0.3) is 43.8 Å². The number of rotatable bonds is 2. The van der Waals surface area contributed by atoms with Gasteiger partial charge in [-0.25, -0.2) is 0 Å². The van der Waals surface area contributed by atoms with Crippen LogP contribution in [0.1, 0.15) is 49.9 Å². The standard InChI is InChI=1S/C44H35N/c1-43(2)37-18-10-9-17-34(37)35-23-22-30(27-39(35)43)45-41-20-12-11-19-38(41)44(3,4)40-26-29(21-24-42(40)45)36-25-28-13-5-6-14-31(28)32-15-7-8-16-33(32)36/h5-27H,1-4H3. The third kappa shape index (κ3) is 3.61. The van der Waals surface area contributed by atoms with Gasteiger partial charge in [-0.2, -0.15) is 0 Å². The Kier molecular flexibility index (Phi) is 5.37. The van der Waals surface area contributed by atoms with Gasteiger partial charge in [0.25, 0.3) is 0 Å². The molecule has 0 fully saturated rings. The van der Waals surface area contributed by atoms with Crippen LogP contribution in [0.15, 0.2) is 140 Å². The van der Waals surface area contributed by atoms with Crippen LogP contribution in [-0.2, 0) is 10.8 Å². The van der Waals surface area contributed by atoms with E-state index in [1.807, 2.05) is 0 Å². The first-order chi connectivity index (χ1) is 21.8. The van der Waals surface area contributed by atoms with Gasteiger partial charge in [-0.05, 0) is 102 Å². The monoisotopic (exact) mass is 577 g/mol. The second-order valence-corrected chi connectivity index (χ2v) is 13.8. The predicted molar refractivity (Wildman–Crippen MR) is 191 cm³/mol.